The molecule has 0 radical (unpaired) electrons. The lowest BCUT2D eigenvalue weighted by Crippen LogP contribution is -2.38. The molecule has 0 aliphatic heterocycles. The Balaban J connectivity index is 2.55. The van der Waals surface area contributed by atoms with Gasteiger partial charge in [-0.25, -0.2) is 4.98 Å². The number of carbonyl (C=O) groups is 2. The molecule has 1 aromatic heterocycles. The molecule has 1 atom stereocenters. The number of pyridine rings is 1. The third-order valence-electron chi connectivity index (χ3n) is 2.92. The second kappa shape index (κ2) is 5.46. The number of hydrogen-bond donors (Lipinski definition) is 3. The number of benzene rings is 1. The maximum absolute atomic E-state index is 12.0. The summed E-state index contributed by atoms with van der Waals surface area (Å²) >= 11 is 0. The van der Waals surface area contributed by atoms with E-state index in [4.69, 9.17) is 10.4 Å². The van der Waals surface area contributed by atoms with Crippen molar-refractivity contribution in [3.8, 4) is 11.8 Å². The van der Waals surface area contributed by atoms with Crippen LogP contribution in [0.5, 0.6) is 5.75 Å². The van der Waals surface area contributed by atoms with Gasteiger partial charge >= 0.3 is 5.97 Å². The monoisotopic (exact) mass is 285 g/mol. The molecule has 0 spiro atoms. The molecule has 0 saturated heterocycles. The summed E-state index contributed by atoms with van der Waals surface area (Å²) in [5, 5.41) is 30.9. The number of aromatic nitrogens is 1. The molecule has 21 heavy (non-hydrogen) atoms. The Morgan fingerprint density at radius 3 is 2.52 bits per heavy atom. The molecule has 2 rings (SSSR count). The van der Waals surface area contributed by atoms with Gasteiger partial charge in [-0.05, 0) is 6.92 Å². The van der Waals surface area contributed by atoms with Gasteiger partial charge in [-0.2, -0.15) is 5.26 Å². The molecule has 1 amide bonds. The minimum Gasteiger partial charge on any atom is -0.505 e. The topological polar surface area (TPSA) is 123 Å². The van der Waals surface area contributed by atoms with E-state index >= 15 is 0 Å². The number of hydrogen-bond acceptors (Lipinski definition) is 5. The number of amides is 1. The Morgan fingerprint density at radius 1 is 1.33 bits per heavy atom. The molecule has 0 unspecified atom stereocenters. The summed E-state index contributed by atoms with van der Waals surface area (Å²) in [7, 11) is 0. The molecule has 0 fully saturated rings. The number of nitriles is 1. The van der Waals surface area contributed by atoms with Gasteiger partial charge in [-0.1, -0.05) is 24.3 Å². The predicted molar refractivity (Wildman–Crippen MR) is 72.7 cm³/mol. The van der Waals surface area contributed by atoms with E-state index in [1.54, 1.807) is 24.3 Å². The fraction of sp³-hybridized carbons (Fsp3) is 0.143. The number of aromatic hydroxyl groups is 1. The number of aliphatic carboxylic acids is 1. The van der Waals surface area contributed by atoms with Crippen molar-refractivity contribution >= 4 is 22.6 Å². The predicted octanol–water partition coefficient (Wildman–Crippen LogP) is 1.01. The number of fused-ring (bicyclic) bond motifs is 1. The smallest absolute Gasteiger partial charge is 0.325 e. The largest absolute Gasteiger partial charge is 0.505 e. The number of rotatable bonds is 3. The molecule has 0 aliphatic rings. The second-order valence-corrected chi connectivity index (χ2v) is 4.35. The van der Waals surface area contributed by atoms with E-state index < -0.39 is 17.9 Å². The van der Waals surface area contributed by atoms with Crippen LogP contribution in [-0.2, 0) is 4.79 Å². The van der Waals surface area contributed by atoms with Gasteiger partial charge in [-0.3, -0.25) is 9.59 Å². The Labute approximate surface area is 119 Å². The minimum atomic E-state index is -1.22. The van der Waals surface area contributed by atoms with Crippen LogP contribution in [0.2, 0.25) is 0 Å². The van der Waals surface area contributed by atoms with E-state index in [0.717, 1.165) is 0 Å². The van der Waals surface area contributed by atoms with Crippen LogP contribution >= 0.6 is 0 Å². The van der Waals surface area contributed by atoms with Gasteiger partial charge in [0.2, 0.25) is 0 Å². The van der Waals surface area contributed by atoms with Crippen LogP contribution in [-0.4, -0.2) is 33.1 Å². The van der Waals surface area contributed by atoms with Crippen LogP contribution in [0.3, 0.4) is 0 Å². The maximum Gasteiger partial charge on any atom is 0.325 e. The third kappa shape index (κ3) is 2.60. The Morgan fingerprint density at radius 2 is 1.95 bits per heavy atom. The fourth-order valence-electron chi connectivity index (χ4n) is 1.82. The van der Waals surface area contributed by atoms with Crippen LogP contribution in [0.15, 0.2) is 24.3 Å². The van der Waals surface area contributed by atoms with Crippen LogP contribution < -0.4 is 5.32 Å². The average molecular weight is 285 g/mol. The number of carboxylic acids is 1. The van der Waals surface area contributed by atoms with E-state index in [1.165, 1.54) is 6.92 Å². The lowest BCUT2D eigenvalue weighted by molar-refractivity contribution is -0.138. The van der Waals surface area contributed by atoms with Crippen LogP contribution in [0.4, 0.5) is 0 Å². The molecule has 2 aromatic rings. The molecule has 7 heteroatoms. The molecule has 106 valence electrons. The summed E-state index contributed by atoms with van der Waals surface area (Å²) in [6.07, 6.45) is 0. The highest BCUT2D eigenvalue weighted by molar-refractivity contribution is 6.03. The van der Waals surface area contributed by atoms with Gasteiger partial charge in [0.15, 0.2) is 11.4 Å². The Kier molecular flexibility index (Phi) is 3.71. The normalized spacial score (nSPS) is 11.6. The quantitative estimate of drug-likeness (QED) is 0.773. The fourth-order valence-corrected chi connectivity index (χ4v) is 1.82. The SMILES string of the molecule is C[C@H](NC(=O)c1nc(C#N)c2ccccc2c1O)C(=O)O. The van der Waals surface area contributed by atoms with E-state index in [2.05, 4.69) is 10.3 Å². The zero-order valence-corrected chi connectivity index (χ0v) is 11.0. The lowest BCUT2D eigenvalue weighted by Gasteiger charge is -2.11. The molecular formula is C14H11N3O4. The van der Waals surface area contributed by atoms with Crippen LogP contribution in [0, 0.1) is 11.3 Å². The van der Waals surface area contributed by atoms with Crippen molar-refractivity contribution in [1.29, 1.82) is 5.26 Å². The van der Waals surface area contributed by atoms with Crippen molar-refractivity contribution in [3.05, 3.63) is 35.7 Å². The van der Waals surface area contributed by atoms with Crippen molar-refractivity contribution < 1.29 is 19.8 Å². The molecule has 1 aromatic carbocycles. The summed E-state index contributed by atoms with van der Waals surface area (Å²) in [6.45, 7) is 1.28. The first kappa shape index (κ1) is 14.3. The molecule has 0 saturated carbocycles. The number of nitrogens with one attached hydrogen (secondary N) is 1. The van der Waals surface area contributed by atoms with Crippen molar-refractivity contribution in [3.63, 3.8) is 0 Å². The summed E-state index contributed by atoms with van der Waals surface area (Å²) in [5.74, 6) is -2.46. The second-order valence-electron chi connectivity index (χ2n) is 4.35. The van der Waals surface area contributed by atoms with Gasteiger partial charge in [0, 0.05) is 10.8 Å². The number of carbonyl (C=O) groups excluding carboxylic acids is 1. The first-order valence-electron chi connectivity index (χ1n) is 6.01. The summed E-state index contributed by atoms with van der Waals surface area (Å²) in [6, 6.07) is 7.17. The number of nitrogens with zero attached hydrogens (tertiary/aromatic N) is 2. The van der Waals surface area contributed by atoms with Crippen molar-refractivity contribution in [2.45, 2.75) is 13.0 Å². The maximum atomic E-state index is 12.0. The zero-order valence-electron chi connectivity index (χ0n) is 11.0. The Hall–Kier alpha value is -3.14. The summed E-state index contributed by atoms with van der Waals surface area (Å²) < 4.78 is 0. The van der Waals surface area contributed by atoms with Crippen LogP contribution in [0.25, 0.3) is 10.8 Å². The molecule has 1 heterocycles. The first-order valence-corrected chi connectivity index (χ1v) is 6.01. The van der Waals surface area contributed by atoms with E-state index in [1.807, 2.05) is 6.07 Å². The minimum absolute atomic E-state index is 0.0171. The average Bonchev–Trinajstić information content (AvgIpc) is 2.47. The van der Waals surface area contributed by atoms with E-state index in [9.17, 15) is 14.7 Å². The zero-order chi connectivity index (χ0) is 15.6. The highest BCUT2D eigenvalue weighted by Gasteiger charge is 2.22. The number of carboxylic acid groups (broad SMARTS) is 1. The molecular weight excluding hydrogens is 274 g/mol. The summed E-state index contributed by atoms with van der Waals surface area (Å²) in [5.41, 5.74) is -0.394. The Bertz CT molecular complexity index is 780. The first-order chi connectivity index (χ1) is 9.95. The van der Waals surface area contributed by atoms with Gasteiger partial charge in [0.25, 0.3) is 5.91 Å². The molecule has 0 aliphatic carbocycles. The third-order valence-corrected chi connectivity index (χ3v) is 2.92. The van der Waals surface area contributed by atoms with Crippen LogP contribution in [0.1, 0.15) is 23.1 Å². The van der Waals surface area contributed by atoms with E-state index in [0.29, 0.717) is 10.8 Å². The molecule has 0 bridgehead atoms. The van der Waals surface area contributed by atoms with E-state index in [-0.39, 0.29) is 17.1 Å². The van der Waals surface area contributed by atoms with Gasteiger partial charge < -0.3 is 15.5 Å². The van der Waals surface area contributed by atoms with Crippen molar-refractivity contribution in [1.82, 2.24) is 10.3 Å². The van der Waals surface area contributed by atoms with Gasteiger partial charge in [-0.15, -0.1) is 0 Å². The summed E-state index contributed by atoms with van der Waals surface area (Å²) in [4.78, 5) is 26.5. The van der Waals surface area contributed by atoms with Gasteiger partial charge in [0.1, 0.15) is 17.8 Å². The lowest BCUT2D eigenvalue weighted by atomic mass is 10.1. The van der Waals surface area contributed by atoms with Gasteiger partial charge in [0.05, 0.1) is 0 Å². The van der Waals surface area contributed by atoms with Crippen molar-refractivity contribution in [2.75, 3.05) is 0 Å². The van der Waals surface area contributed by atoms with Crippen molar-refractivity contribution in [2.24, 2.45) is 0 Å². The molecule has 7 nitrogen and oxygen atoms in total. The molecule has 3 N–H and O–H groups in total. The standard InChI is InChI=1S/C14H11N3O4/c1-7(14(20)21)16-13(19)11-12(18)9-5-3-2-4-8(9)10(6-15)17-11/h2-5,7,18H,1H3,(H,16,19)(H,20,21)/t7-/m0/s1. The highest BCUT2D eigenvalue weighted by atomic mass is 16.4. The highest BCUT2D eigenvalue weighted by Crippen LogP contribution is 2.29.